The molecular weight excluding hydrogens is 618 g/mol. The Morgan fingerprint density at radius 3 is 2.33 bits per heavy atom. The normalized spacial score (nSPS) is 12.7. The van der Waals surface area contributed by atoms with Crippen molar-refractivity contribution in [1.29, 1.82) is 0 Å². The molecule has 0 aliphatic rings. The fourth-order valence-electron chi connectivity index (χ4n) is 5.57. The van der Waals surface area contributed by atoms with Gasteiger partial charge in [-0.3, -0.25) is 14.4 Å². The minimum absolute atomic E-state index is 0.203. The average molecular weight is 656 g/mol. The van der Waals surface area contributed by atoms with Gasteiger partial charge < -0.3 is 9.47 Å². The number of nitrogens with zero attached hydrogens (tertiary/aromatic N) is 3. The van der Waals surface area contributed by atoms with Gasteiger partial charge >= 0.3 is 5.97 Å². The maximum Gasteiger partial charge on any atom is 0.339 e. The zero-order valence-corrected chi connectivity index (χ0v) is 28.9. The second-order valence-electron chi connectivity index (χ2n) is 12.5. The second-order valence-corrected chi connectivity index (χ2v) is 13.9. The summed E-state index contributed by atoms with van der Waals surface area (Å²) in [6.45, 7) is 11.9. The van der Waals surface area contributed by atoms with Crippen LogP contribution < -0.4 is 5.56 Å². The van der Waals surface area contributed by atoms with E-state index in [1.807, 2.05) is 76.5 Å². The van der Waals surface area contributed by atoms with E-state index in [4.69, 9.17) is 26.1 Å². The molecule has 0 spiro atoms. The Labute approximate surface area is 278 Å². The van der Waals surface area contributed by atoms with E-state index in [0.29, 0.717) is 27.2 Å². The first kappa shape index (κ1) is 33.3. The summed E-state index contributed by atoms with van der Waals surface area (Å²) in [4.78, 5) is 35.8. The van der Waals surface area contributed by atoms with Crippen LogP contribution in [-0.2, 0) is 14.3 Å². The van der Waals surface area contributed by atoms with Crippen LogP contribution in [0.25, 0.3) is 37.6 Å². The van der Waals surface area contributed by atoms with Crippen LogP contribution in [0.1, 0.15) is 68.9 Å². The number of esters is 1. The summed E-state index contributed by atoms with van der Waals surface area (Å²) in [5, 5.41) is 1.10. The van der Waals surface area contributed by atoms with Gasteiger partial charge in [-0.25, -0.2) is 9.78 Å². The van der Waals surface area contributed by atoms with Gasteiger partial charge in [-0.15, -0.1) is 0 Å². The highest BCUT2D eigenvalue weighted by molar-refractivity contribution is 7.21. The van der Waals surface area contributed by atoms with Gasteiger partial charge in [0.15, 0.2) is 11.2 Å². The molecule has 0 radical (unpaired) electrons. The Kier molecular flexibility index (Phi) is 9.63. The molecule has 7 nitrogen and oxygen atoms in total. The fraction of sp³-hybridized carbons (Fsp3) is 0.297. The van der Waals surface area contributed by atoms with E-state index in [1.165, 1.54) is 24.0 Å². The number of halogens is 1. The Hall–Kier alpha value is -4.11. The van der Waals surface area contributed by atoms with Crippen LogP contribution in [0.15, 0.2) is 76.6 Å². The monoisotopic (exact) mass is 655 g/mol. The number of methoxy groups -OCH3 is 1. The number of ether oxygens (including phenoxy) is 2. The van der Waals surface area contributed by atoms with Crippen LogP contribution in [0.5, 0.6) is 0 Å². The standard InChI is InChI=1S/C37H38ClN3O4S/c1-21(2)28-15-11-24(18-26(28)19-39-7)25-12-16-30(42)41(20-25)36-40-29-17-22(3)31(33(35(43)44-8)45-37(4,5)6)32(34(29)46-36)23-9-13-27(38)14-10-23/h9-21,33H,1-8H3. The predicted molar refractivity (Wildman–Crippen MR) is 189 cm³/mol. The molecule has 238 valence electrons. The molecule has 0 saturated heterocycles. The summed E-state index contributed by atoms with van der Waals surface area (Å²) >= 11 is 7.65. The van der Waals surface area contributed by atoms with Gasteiger partial charge in [-0.2, -0.15) is 0 Å². The Morgan fingerprint density at radius 2 is 1.70 bits per heavy atom. The summed E-state index contributed by atoms with van der Waals surface area (Å²) in [6, 6.07) is 19.1. The molecule has 0 fully saturated rings. The Bertz CT molecular complexity index is 2000. The van der Waals surface area contributed by atoms with Crippen molar-refractivity contribution in [2.45, 2.75) is 59.2 Å². The van der Waals surface area contributed by atoms with Gasteiger partial charge in [-0.05, 0) is 97.3 Å². The van der Waals surface area contributed by atoms with Gasteiger partial charge in [0.1, 0.15) is 0 Å². The largest absolute Gasteiger partial charge is 0.467 e. The molecule has 2 heterocycles. The van der Waals surface area contributed by atoms with Crippen LogP contribution in [0.4, 0.5) is 0 Å². The highest BCUT2D eigenvalue weighted by Gasteiger charge is 2.33. The van der Waals surface area contributed by atoms with Crippen LogP contribution in [0.3, 0.4) is 0 Å². The molecule has 1 unspecified atom stereocenters. The number of pyridine rings is 1. The van der Waals surface area contributed by atoms with Crippen molar-refractivity contribution < 1.29 is 14.3 Å². The van der Waals surface area contributed by atoms with Crippen LogP contribution in [0, 0.1) is 6.92 Å². The Morgan fingerprint density at radius 1 is 1.02 bits per heavy atom. The highest BCUT2D eigenvalue weighted by Crippen LogP contribution is 2.43. The third kappa shape index (κ3) is 6.84. The second kappa shape index (κ2) is 13.3. The molecule has 5 rings (SSSR count). The number of carbonyl (C=O) groups is 1. The van der Waals surface area contributed by atoms with Crippen molar-refractivity contribution in [1.82, 2.24) is 9.55 Å². The molecule has 2 aromatic heterocycles. The van der Waals surface area contributed by atoms with Crippen molar-refractivity contribution in [3.8, 4) is 27.4 Å². The lowest BCUT2D eigenvalue weighted by Crippen LogP contribution is -2.29. The molecule has 1 atom stereocenters. The molecule has 3 aromatic carbocycles. The zero-order valence-electron chi connectivity index (χ0n) is 27.3. The quantitative estimate of drug-likeness (QED) is 0.123. The van der Waals surface area contributed by atoms with E-state index in [2.05, 4.69) is 37.0 Å². The number of thiazole rings is 1. The molecule has 46 heavy (non-hydrogen) atoms. The summed E-state index contributed by atoms with van der Waals surface area (Å²) in [5.41, 5.74) is 7.06. The topological polar surface area (TPSA) is 82.8 Å². The highest BCUT2D eigenvalue weighted by atomic mass is 35.5. The number of fused-ring (bicyclic) bond motifs is 1. The molecule has 0 bridgehead atoms. The van der Waals surface area contributed by atoms with Gasteiger partial charge in [0, 0.05) is 41.7 Å². The van der Waals surface area contributed by atoms with E-state index < -0.39 is 17.7 Å². The number of aromatic nitrogens is 2. The number of hydrogen-bond acceptors (Lipinski definition) is 7. The molecule has 0 amide bonds. The van der Waals surface area contributed by atoms with E-state index in [-0.39, 0.29) is 5.56 Å². The molecule has 0 saturated carbocycles. The Balaban J connectivity index is 1.74. The summed E-state index contributed by atoms with van der Waals surface area (Å²) in [6.07, 6.45) is 2.70. The maximum atomic E-state index is 13.3. The minimum atomic E-state index is -0.994. The first-order chi connectivity index (χ1) is 21.8. The van der Waals surface area contributed by atoms with Gasteiger partial charge in [0.25, 0.3) is 5.56 Å². The van der Waals surface area contributed by atoms with Crippen molar-refractivity contribution in [3.05, 3.63) is 104 Å². The fourth-order valence-corrected chi connectivity index (χ4v) is 6.80. The van der Waals surface area contributed by atoms with E-state index >= 15 is 0 Å². The van der Waals surface area contributed by atoms with E-state index in [0.717, 1.165) is 38.1 Å². The number of rotatable bonds is 8. The van der Waals surface area contributed by atoms with Crippen molar-refractivity contribution in [2.24, 2.45) is 4.99 Å². The average Bonchev–Trinajstić information content (AvgIpc) is 3.42. The summed E-state index contributed by atoms with van der Waals surface area (Å²) in [7, 11) is 3.12. The molecular formula is C37H38ClN3O4S. The third-order valence-electron chi connectivity index (χ3n) is 7.63. The molecule has 9 heteroatoms. The molecule has 0 aliphatic carbocycles. The molecule has 0 N–H and O–H groups in total. The lowest BCUT2D eigenvalue weighted by molar-refractivity contribution is -0.164. The van der Waals surface area contributed by atoms with Crippen molar-refractivity contribution >= 4 is 45.3 Å². The number of carbonyl (C=O) groups excluding carboxylic acids is 1. The predicted octanol–water partition coefficient (Wildman–Crippen LogP) is 8.94. The van der Waals surface area contributed by atoms with E-state index in [1.54, 1.807) is 17.7 Å². The SMILES string of the molecule is CN=Cc1cc(-c2ccc(=O)n(-c3nc4cc(C)c(C(OC(C)(C)C)C(=O)OC)c(-c5ccc(Cl)cc5)c4s3)c2)ccc1C(C)C. The van der Waals surface area contributed by atoms with E-state index in [9.17, 15) is 9.59 Å². The minimum Gasteiger partial charge on any atom is -0.467 e. The molecule has 0 aliphatic heterocycles. The third-order valence-corrected chi connectivity index (χ3v) is 8.97. The molecule has 5 aromatic rings. The van der Waals surface area contributed by atoms with Crippen LogP contribution in [-0.4, -0.2) is 41.5 Å². The van der Waals surface area contributed by atoms with Gasteiger partial charge in [0.05, 0.1) is 22.9 Å². The van der Waals surface area contributed by atoms with Gasteiger partial charge in [0.2, 0.25) is 0 Å². The first-order valence-corrected chi connectivity index (χ1v) is 16.3. The number of aliphatic imine (C=N–C) groups is 1. The lowest BCUT2D eigenvalue weighted by Gasteiger charge is -2.28. The van der Waals surface area contributed by atoms with Crippen molar-refractivity contribution in [3.63, 3.8) is 0 Å². The lowest BCUT2D eigenvalue weighted by atomic mass is 9.91. The maximum absolute atomic E-state index is 13.3. The van der Waals surface area contributed by atoms with Crippen LogP contribution in [0.2, 0.25) is 5.02 Å². The number of aryl methyl sites for hydroxylation is 1. The van der Waals surface area contributed by atoms with Crippen LogP contribution >= 0.6 is 22.9 Å². The number of hydrogen-bond donors (Lipinski definition) is 0. The summed E-state index contributed by atoms with van der Waals surface area (Å²) < 4.78 is 14.0. The smallest absolute Gasteiger partial charge is 0.339 e. The van der Waals surface area contributed by atoms with Crippen molar-refractivity contribution in [2.75, 3.05) is 14.2 Å². The summed E-state index contributed by atoms with van der Waals surface area (Å²) in [5.74, 6) is -0.160. The zero-order chi connectivity index (χ0) is 33.3. The first-order valence-electron chi connectivity index (χ1n) is 15.1. The van der Waals surface area contributed by atoms with Gasteiger partial charge in [-0.1, -0.05) is 61.1 Å². The number of benzene rings is 3.